The molecule has 2 aliphatic rings. The Hall–Kier alpha value is -2.39. The molecule has 3 rings (SSSR count). The van der Waals surface area contributed by atoms with Gasteiger partial charge in [-0.3, -0.25) is 14.9 Å². The van der Waals surface area contributed by atoms with Crippen LogP contribution in [0.15, 0.2) is 12.1 Å². The molecule has 2 N–H and O–H groups in total. The highest BCUT2D eigenvalue weighted by atomic mass is 35.5. The van der Waals surface area contributed by atoms with E-state index in [4.69, 9.17) is 21.1 Å². The molecule has 2 fully saturated rings. The lowest BCUT2D eigenvalue weighted by molar-refractivity contribution is -0.138. The van der Waals surface area contributed by atoms with Gasteiger partial charge >= 0.3 is 6.03 Å². The Bertz CT molecular complexity index is 875. The summed E-state index contributed by atoms with van der Waals surface area (Å²) in [7, 11) is 2.92. The first kappa shape index (κ1) is 23.3. The zero-order chi connectivity index (χ0) is 22.8. The number of methoxy groups -OCH3 is 2. The van der Waals surface area contributed by atoms with Gasteiger partial charge in [0.15, 0.2) is 0 Å². The van der Waals surface area contributed by atoms with Gasteiger partial charge in [-0.1, -0.05) is 18.5 Å². The fraction of sp³-hybridized carbons (Fsp3) is 0.571. The number of benzene rings is 1. The average Bonchev–Trinajstić information content (AvgIpc) is 3.01. The Kier molecular flexibility index (Phi) is 7.06. The summed E-state index contributed by atoms with van der Waals surface area (Å²) in [6, 6.07) is 2.29. The molecule has 0 aliphatic carbocycles. The molecule has 0 spiro atoms. The number of imide groups is 1. The number of carbonyl (C=O) groups is 3. The van der Waals surface area contributed by atoms with Crippen LogP contribution in [0.4, 0.5) is 9.18 Å². The molecular formula is C21H27ClFN3O5. The molecule has 8 nitrogen and oxygen atoms in total. The summed E-state index contributed by atoms with van der Waals surface area (Å²) in [6.07, 6.45) is 1.49. The van der Waals surface area contributed by atoms with Gasteiger partial charge < -0.3 is 19.7 Å². The fourth-order valence-corrected chi connectivity index (χ4v) is 4.62. The Balaban J connectivity index is 1.64. The number of amides is 4. The molecule has 10 heteroatoms. The highest BCUT2D eigenvalue weighted by Crippen LogP contribution is 2.37. The quantitative estimate of drug-likeness (QED) is 0.615. The van der Waals surface area contributed by atoms with E-state index in [0.29, 0.717) is 31.7 Å². The number of rotatable bonds is 7. The molecular weight excluding hydrogens is 429 g/mol. The number of hydrogen-bond donors (Lipinski definition) is 2. The van der Waals surface area contributed by atoms with E-state index >= 15 is 0 Å². The highest BCUT2D eigenvalue weighted by Gasteiger charge is 2.48. The number of likely N-dealkylation sites (tertiary alicyclic amines) is 1. The highest BCUT2D eigenvalue weighted by molar-refractivity contribution is 6.30. The van der Waals surface area contributed by atoms with Crippen molar-refractivity contribution < 1.29 is 28.2 Å². The minimum absolute atomic E-state index is 0.0185. The van der Waals surface area contributed by atoms with Crippen molar-refractivity contribution in [3.8, 4) is 5.75 Å². The van der Waals surface area contributed by atoms with Gasteiger partial charge in [-0.2, -0.15) is 0 Å². The normalized spacial score (nSPS) is 22.8. The third-order valence-corrected chi connectivity index (χ3v) is 6.29. The zero-order valence-corrected chi connectivity index (χ0v) is 18.6. The van der Waals surface area contributed by atoms with Crippen molar-refractivity contribution >= 4 is 29.4 Å². The predicted octanol–water partition coefficient (Wildman–Crippen LogP) is 2.44. The third-order valence-electron chi connectivity index (χ3n) is 6.00. The first-order chi connectivity index (χ1) is 14.7. The molecule has 1 aromatic rings. The standard InChI is InChI=1S/C21H27ClFN3O5/c1-12(10-21(11-30-2)19(28)24-20(29)25-21)18(27)26-6-4-13(5-7-26)14-8-15(22)16(23)9-17(14)31-3/h8-9,12-13H,4-7,10-11H2,1-3H3,(H2,24,25,28,29). The fourth-order valence-electron chi connectivity index (χ4n) is 4.45. The van der Waals surface area contributed by atoms with E-state index < -0.39 is 29.2 Å². The van der Waals surface area contributed by atoms with Gasteiger partial charge in [0.25, 0.3) is 5.91 Å². The molecule has 2 heterocycles. The summed E-state index contributed by atoms with van der Waals surface area (Å²) in [5, 5.41) is 4.87. The van der Waals surface area contributed by atoms with Crippen LogP contribution < -0.4 is 15.4 Å². The molecule has 0 aromatic heterocycles. The summed E-state index contributed by atoms with van der Waals surface area (Å²) < 4.78 is 24.2. The van der Waals surface area contributed by atoms with E-state index in [-0.39, 0.29) is 29.9 Å². The van der Waals surface area contributed by atoms with Crippen molar-refractivity contribution in [2.45, 2.75) is 37.6 Å². The minimum atomic E-state index is -1.25. The van der Waals surface area contributed by atoms with Gasteiger partial charge in [0.1, 0.15) is 17.1 Å². The van der Waals surface area contributed by atoms with Gasteiger partial charge in [-0.05, 0) is 36.8 Å². The van der Waals surface area contributed by atoms with Gasteiger partial charge in [-0.25, -0.2) is 9.18 Å². The maximum absolute atomic E-state index is 13.7. The van der Waals surface area contributed by atoms with Crippen LogP contribution in [0.3, 0.4) is 0 Å². The van der Waals surface area contributed by atoms with Crippen LogP contribution in [-0.2, 0) is 14.3 Å². The van der Waals surface area contributed by atoms with Gasteiger partial charge in [0.2, 0.25) is 5.91 Å². The van der Waals surface area contributed by atoms with Crippen molar-refractivity contribution in [2.75, 3.05) is 33.9 Å². The van der Waals surface area contributed by atoms with Crippen molar-refractivity contribution in [3.63, 3.8) is 0 Å². The summed E-state index contributed by atoms with van der Waals surface area (Å²) in [4.78, 5) is 38.7. The zero-order valence-electron chi connectivity index (χ0n) is 17.8. The predicted molar refractivity (Wildman–Crippen MR) is 112 cm³/mol. The minimum Gasteiger partial charge on any atom is -0.496 e. The third kappa shape index (κ3) is 4.77. The van der Waals surface area contributed by atoms with Crippen molar-refractivity contribution in [2.24, 2.45) is 5.92 Å². The van der Waals surface area contributed by atoms with Crippen LogP contribution in [0.2, 0.25) is 5.02 Å². The summed E-state index contributed by atoms with van der Waals surface area (Å²) in [6.45, 7) is 2.76. The molecule has 1 aromatic carbocycles. The Labute approximate surface area is 185 Å². The molecule has 0 bridgehead atoms. The van der Waals surface area contributed by atoms with Crippen molar-refractivity contribution in [1.29, 1.82) is 0 Å². The van der Waals surface area contributed by atoms with E-state index in [1.165, 1.54) is 20.3 Å². The largest absolute Gasteiger partial charge is 0.496 e. The van der Waals surface area contributed by atoms with E-state index in [1.54, 1.807) is 17.9 Å². The summed E-state index contributed by atoms with van der Waals surface area (Å²) in [5.74, 6) is -1.07. The number of urea groups is 1. The topological polar surface area (TPSA) is 97.0 Å². The summed E-state index contributed by atoms with van der Waals surface area (Å²) >= 11 is 5.96. The second-order valence-corrected chi connectivity index (χ2v) is 8.54. The van der Waals surface area contributed by atoms with E-state index in [1.807, 2.05) is 0 Å². The van der Waals surface area contributed by atoms with Crippen LogP contribution in [0.1, 0.15) is 37.7 Å². The Morgan fingerprint density at radius 1 is 1.32 bits per heavy atom. The number of halogens is 2. The van der Waals surface area contributed by atoms with Gasteiger partial charge in [0, 0.05) is 32.2 Å². The van der Waals surface area contributed by atoms with E-state index in [0.717, 1.165) is 5.56 Å². The summed E-state index contributed by atoms with van der Waals surface area (Å²) in [5.41, 5.74) is -0.421. The molecule has 0 saturated carbocycles. The molecule has 0 radical (unpaired) electrons. The molecule has 2 saturated heterocycles. The maximum Gasteiger partial charge on any atom is 0.322 e. The lowest BCUT2D eigenvalue weighted by Gasteiger charge is -2.36. The molecule has 170 valence electrons. The van der Waals surface area contributed by atoms with Crippen LogP contribution >= 0.6 is 11.6 Å². The second kappa shape index (κ2) is 9.40. The van der Waals surface area contributed by atoms with Crippen LogP contribution in [0.25, 0.3) is 0 Å². The molecule has 2 aliphatic heterocycles. The number of ether oxygens (including phenoxy) is 2. The monoisotopic (exact) mass is 455 g/mol. The Morgan fingerprint density at radius 3 is 2.55 bits per heavy atom. The molecule has 2 unspecified atom stereocenters. The molecule has 4 amide bonds. The number of nitrogens with one attached hydrogen (secondary N) is 2. The van der Waals surface area contributed by atoms with Crippen LogP contribution in [0, 0.1) is 11.7 Å². The lowest BCUT2D eigenvalue weighted by atomic mass is 9.86. The first-order valence-corrected chi connectivity index (χ1v) is 10.5. The van der Waals surface area contributed by atoms with Crippen LogP contribution in [-0.4, -0.2) is 62.2 Å². The lowest BCUT2D eigenvalue weighted by Crippen LogP contribution is -2.53. The van der Waals surface area contributed by atoms with E-state index in [2.05, 4.69) is 10.6 Å². The number of carbonyl (C=O) groups excluding carboxylic acids is 3. The number of hydrogen-bond acceptors (Lipinski definition) is 5. The first-order valence-electron chi connectivity index (χ1n) is 10.1. The van der Waals surface area contributed by atoms with Gasteiger partial charge in [-0.15, -0.1) is 0 Å². The van der Waals surface area contributed by atoms with Crippen LogP contribution in [0.5, 0.6) is 5.75 Å². The number of nitrogens with zero attached hydrogens (tertiary/aromatic N) is 1. The van der Waals surface area contributed by atoms with Crippen molar-refractivity contribution in [3.05, 3.63) is 28.5 Å². The average molecular weight is 456 g/mol. The number of piperidine rings is 1. The SMILES string of the molecule is COCC1(CC(C)C(=O)N2CCC(c3cc(Cl)c(F)cc3OC)CC2)NC(=O)NC1=O. The second-order valence-electron chi connectivity index (χ2n) is 8.14. The maximum atomic E-state index is 13.7. The molecule has 31 heavy (non-hydrogen) atoms. The Morgan fingerprint density at radius 2 is 2.00 bits per heavy atom. The van der Waals surface area contributed by atoms with Crippen molar-refractivity contribution in [1.82, 2.24) is 15.5 Å². The van der Waals surface area contributed by atoms with Gasteiger partial charge in [0.05, 0.1) is 18.7 Å². The van der Waals surface area contributed by atoms with E-state index in [9.17, 15) is 18.8 Å². The molecule has 2 atom stereocenters. The smallest absolute Gasteiger partial charge is 0.322 e.